The van der Waals surface area contributed by atoms with Gasteiger partial charge in [0.05, 0.1) is 0 Å². The molecule has 0 fully saturated rings. The predicted octanol–water partition coefficient (Wildman–Crippen LogP) is 0.673. The Bertz CT molecular complexity index is 649. The van der Waals surface area contributed by atoms with Gasteiger partial charge in [-0.3, -0.25) is 4.79 Å². The van der Waals surface area contributed by atoms with E-state index in [4.69, 9.17) is 15.3 Å². The van der Waals surface area contributed by atoms with Gasteiger partial charge in [-0.2, -0.15) is 0 Å². The fourth-order valence-corrected chi connectivity index (χ4v) is 3.88. The lowest BCUT2D eigenvalue weighted by Crippen LogP contribution is -2.45. The van der Waals surface area contributed by atoms with E-state index in [0.717, 1.165) is 6.07 Å². The number of halogens is 1. The van der Waals surface area contributed by atoms with Gasteiger partial charge in [0.1, 0.15) is 4.90 Å². The Morgan fingerprint density at radius 1 is 1.50 bits per heavy atom. The molecule has 1 aromatic rings. The van der Waals surface area contributed by atoms with E-state index in [-0.39, 0.29) is 16.0 Å². The highest BCUT2D eigenvalue weighted by Gasteiger charge is 2.31. The third kappa shape index (κ3) is 4.05. The molecule has 10 heteroatoms. The number of primary amides is 1. The van der Waals surface area contributed by atoms with Crippen LogP contribution in [-0.4, -0.2) is 30.9 Å². The number of carboxylic acids is 1. The molecule has 112 valence electrons. The molecule has 1 rings (SSSR count). The second-order valence-electron chi connectivity index (χ2n) is 4.69. The summed E-state index contributed by atoms with van der Waals surface area (Å²) in [7, 11) is -4.07. The van der Waals surface area contributed by atoms with E-state index in [1.165, 1.54) is 13.8 Å². The Morgan fingerprint density at radius 2 is 2.05 bits per heavy atom. The first-order valence-corrected chi connectivity index (χ1v) is 7.57. The number of hydrogen-bond donors (Lipinski definition) is 3. The van der Waals surface area contributed by atoms with Gasteiger partial charge >= 0.3 is 5.97 Å². The van der Waals surface area contributed by atoms with Crippen molar-refractivity contribution in [3.8, 4) is 0 Å². The van der Waals surface area contributed by atoms with Crippen LogP contribution in [0.3, 0.4) is 0 Å². The predicted molar refractivity (Wildman–Crippen MR) is 71.6 cm³/mol. The average Bonchev–Trinajstić information content (AvgIpc) is 2.56. The Balaban J connectivity index is 3.11. The normalized spacial score (nSPS) is 12.3. The first-order valence-electron chi connectivity index (χ1n) is 5.29. The van der Waals surface area contributed by atoms with Gasteiger partial charge in [0, 0.05) is 18.0 Å². The Kier molecular flexibility index (Phi) is 4.62. The van der Waals surface area contributed by atoms with Crippen molar-refractivity contribution in [2.45, 2.75) is 30.7 Å². The van der Waals surface area contributed by atoms with Gasteiger partial charge in [-0.15, -0.1) is 0 Å². The van der Waals surface area contributed by atoms with E-state index in [1.807, 2.05) is 0 Å². The zero-order chi connectivity index (χ0) is 15.7. The van der Waals surface area contributed by atoms with Crippen LogP contribution < -0.4 is 10.5 Å². The number of carbonyl (C=O) groups excluding carboxylic acids is 1. The fourth-order valence-electron chi connectivity index (χ4n) is 1.53. The number of hydrogen-bond acceptors (Lipinski definition) is 5. The third-order valence-corrected chi connectivity index (χ3v) is 4.74. The summed E-state index contributed by atoms with van der Waals surface area (Å²) < 4.78 is 31.1. The zero-order valence-electron chi connectivity index (χ0n) is 10.6. The highest BCUT2D eigenvalue weighted by atomic mass is 79.9. The molecule has 1 aromatic heterocycles. The number of furan rings is 1. The minimum absolute atomic E-state index is 0.215. The molecule has 0 saturated heterocycles. The topological polar surface area (TPSA) is 140 Å². The molecule has 0 atom stereocenters. The molecule has 0 aliphatic heterocycles. The summed E-state index contributed by atoms with van der Waals surface area (Å²) in [4.78, 5) is 21.2. The van der Waals surface area contributed by atoms with Crippen LogP contribution in [0.1, 0.15) is 30.8 Å². The van der Waals surface area contributed by atoms with E-state index in [0.29, 0.717) is 0 Å². The van der Waals surface area contributed by atoms with Crippen LogP contribution in [0.5, 0.6) is 0 Å². The monoisotopic (exact) mass is 368 g/mol. The van der Waals surface area contributed by atoms with Gasteiger partial charge in [0.25, 0.3) is 0 Å². The van der Waals surface area contributed by atoms with Crippen molar-refractivity contribution in [1.29, 1.82) is 0 Å². The lowest BCUT2D eigenvalue weighted by Gasteiger charge is -2.23. The Morgan fingerprint density at radius 3 is 2.45 bits per heavy atom. The quantitative estimate of drug-likeness (QED) is 0.673. The molecule has 0 aliphatic rings. The minimum Gasteiger partial charge on any atom is -0.475 e. The molecule has 1 heterocycles. The molecule has 0 spiro atoms. The number of sulfonamides is 1. The van der Waals surface area contributed by atoms with Crippen LogP contribution in [0, 0.1) is 0 Å². The molecule has 8 nitrogen and oxygen atoms in total. The van der Waals surface area contributed by atoms with Crippen LogP contribution in [0.4, 0.5) is 0 Å². The van der Waals surface area contributed by atoms with Crippen LogP contribution in [0.2, 0.25) is 0 Å². The number of rotatable bonds is 6. The average molecular weight is 369 g/mol. The Hall–Kier alpha value is -1.39. The highest BCUT2D eigenvalue weighted by molar-refractivity contribution is 9.10. The molecule has 0 radical (unpaired) electrons. The molecule has 1 amide bonds. The van der Waals surface area contributed by atoms with Crippen molar-refractivity contribution < 1.29 is 27.5 Å². The molecule has 0 bridgehead atoms. The second kappa shape index (κ2) is 5.54. The molecule has 0 aliphatic carbocycles. The summed E-state index contributed by atoms with van der Waals surface area (Å²) in [5.41, 5.74) is 3.91. The van der Waals surface area contributed by atoms with Crippen molar-refractivity contribution in [3.63, 3.8) is 0 Å². The summed E-state index contributed by atoms with van der Waals surface area (Å²) in [6, 6.07) is 0.870. The van der Waals surface area contributed by atoms with Gasteiger partial charge < -0.3 is 15.3 Å². The Labute approximate surface area is 123 Å². The van der Waals surface area contributed by atoms with Gasteiger partial charge in [0.2, 0.25) is 21.7 Å². The summed E-state index contributed by atoms with van der Waals surface area (Å²) in [5, 5.41) is 8.75. The molecular weight excluding hydrogens is 356 g/mol. The molecule has 0 aromatic carbocycles. The SMILES string of the molecule is CC(C)(CC(N)=O)NS(=O)(=O)c1cc(C(=O)O)oc1Br. The van der Waals surface area contributed by atoms with Crippen molar-refractivity contribution in [2.24, 2.45) is 5.73 Å². The number of nitrogens with one attached hydrogen (secondary N) is 1. The third-order valence-electron chi connectivity index (χ3n) is 2.18. The smallest absolute Gasteiger partial charge is 0.371 e. The molecule has 0 saturated carbocycles. The first-order chi connectivity index (χ1) is 8.94. The van der Waals surface area contributed by atoms with Crippen LogP contribution >= 0.6 is 15.9 Å². The molecule has 4 N–H and O–H groups in total. The van der Waals surface area contributed by atoms with Gasteiger partial charge in [-0.05, 0) is 29.8 Å². The van der Waals surface area contributed by atoms with Gasteiger partial charge in [-0.1, -0.05) is 0 Å². The number of carbonyl (C=O) groups is 2. The number of nitrogens with two attached hydrogens (primary N) is 1. The van der Waals surface area contributed by atoms with Gasteiger partial charge in [0.15, 0.2) is 4.67 Å². The van der Waals surface area contributed by atoms with Crippen molar-refractivity contribution in [2.75, 3.05) is 0 Å². The number of aromatic carboxylic acids is 1. The van der Waals surface area contributed by atoms with E-state index in [2.05, 4.69) is 20.7 Å². The van der Waals surface area contributed by atoms with E-state index in [9.17, 15) is 18.0 Å². The van der Waals surface area contributed by atoms with E-state index in [1.54, 1.807) is 0 Å². The van der Waals surface area contributed by atoms with Gasteiger partial charge in [-0.25, -0.2) is 17.9 Å². The maximum absolute atomic E-state index is 12.1. The minimum atomic E-state index is -4.07. The first kappa shape index (κ1) is 16.7. The summed E-state index contributed by atoms with van der Waals surface area (Å²) in [5.74, 6) is -2.59. The number of amides is 1. The largest absolute Gasteiger partial charge is 0.475 e. The van der Waals surface area contributed by atoms with Crippen LogP contribution in [0.15, 0.2) is 20.0 Å². The lowest BCUT2D eigenvalue weighted by molar-refractivity contribution is -0.119. The molecular formula is C10H13BrN2O6S. The second-order valence-corrected chi connectivity index (χ2v) is 7.06. The van der Waals surface area contributed by atoms with Crippen molar-refractivity contribution >= 4 is 37.8 Å². The van der Waals surface area contributed by atoms with E-state index >= 15 is 0 Å². The maximum atomic E-state index is 12.1. The summed E-state index contributed by atoms with van der Waals surface area (Å²) >= 11 is 2.84. The van der Waals surface area contributed by atoms with Crippen LogP contribution in [0.25, 0.3) is 0 Å². The van der Waals surface area contributed by atoms with Crippen LogP contribution in [-0.2, 0) is 14.8 Å². The summed E-state index contributed by atoms with van der Waals surface area (Å²) in [6.45, 7) is 2.95. The lowest BCUT2D eigenvalue weighted by atomic mass is 10.0. The maximum Gasteiger partial charge on any atom is 0.371 e. The number of carboxylic acid groups (broad SMARTS) is 1. The van der Waals surface area contributed by atoms with Crippen molar-refractivity contribution in [3.05, 3.63) is 16.5 Å². The molecule has 20 heavy (non-hydrogen) atoms. The fraction of sp³-hybridized carbons (Fsp3) is 0.400. The van der Waals surface area contributed by atoms with Crippen molar-refractivity contribution in [1.82, 2.24) is 4.72 Å². The molecule has 0 unspecified atom stereocenters. The highest BCUT2D eigenvalue weighted by Crippen LogP contribution is 2.27. The van der Waals surface area contributed by atoms with E-state index < -0.39 is 33.2 Å². The zero-order valence-corrected chi connectivity index (χ0v) is 13.0. The standard InChI is InChI=1S/C10H13BrN2O6S/c1-10(2,4-7(12)14)13-20(17,18)6-3-5(9(15)16)19-8(6)11/h3,13H,4H2,1-2H3,(H2,12,14)(H,15,16). The summed E-state index contributed by atoms with van der Waals surface area (Å²) in [6.07, 6.45) is -0.215.